The van der Waals surface area contributed by atoms with E-state index in [0.717, 1.165) is 18.7 Å². The third-order valence-corrected chi connectivity index (χ3v) is 4.22. The Kier molecular flexibility index (Phi) is 7.45. The number of nitrogens with one attached hydrogen (secondary N) is 1. The van der Waals surface area contributed by atoms with Crippen LogP contribution in [0.2, 0.25) is 0 Å². The van der Waals surface area contributed by atoms with E-state index in [1.165, 1.54) is 17.5 Å². The zero-order valence-corrected chi connectivity index (χ0v) is 13.0. The van der Waals surface area contributed by atoms with Crippen LogP contribution < -0.4 is 5.32 Å². The second kappa shape index (κ2) is 8.60. The van der Waals surface area contributed by atoms with Gasteiger partial charge in [-0.3, -0.25) is 0 Å². The van der Waals surface area contributed by atoms with E-state index in [1.807, 2.05) is 11.8 Å². The Morgan fingerprint density at radius 2 is 1.78 bits per heavy atom. The topological polar surface area (TPSA) is 12.0 Å². The van der Waals surface area contributed by atoms with Gasteiger partial charge in [0, 0.05) is 11.8 Å². The highest BCUT2D eigenvalue weighted by atomic mass is 32.2. The van der Waals surface area contributed by atoms with Crippen LogP contribution in [0.1, 0.15) is 51.3 Å². The molecule has 0 aliphatic rings. The second-order valence-corrected chi connectivity index (χ2v) is 6.59. The van der Waals surface area contributed by atoms with Crippen LogP contribution in [0, 0.1) is 0 Å². The lowest BCUT2D eigenvalue weighted by atomic mass is 10.0. The summed E-state index contributed by atoms with van der Waals surface area (Å²) >= 11 is 2.03. The average molecular weight is 265 g/mol. The van der Waals surface area contributed by atoms with Crippen LogP contribution in [0.15, 0.2) is 24.3 Å². The maximum Gasteiger partial charge on any atom is 0.0411 e. The Labute approximate surface area is 117 Å². The van der Waals surface area contributed by atoms with Crippen molar-refractivity contribution in [3.05, 3.63) is 35.4 Å². The molecule has 0 aliphatic carbocycles. The van der Waals surface area contributed by atoms with Crippen molar-refractivity contribution in [2.45, 2.75) is 51.8 Å². The van der Waals surface area contributed by atoms with Crippen molar-refractivity contribution in [2.75, 3.05) is 12.3 Å². The molecular weight excluding hydrogens is 238 g/mol. The van der Waals surface area contributed by atoms with Crippen LogP contribution in [0.3, 0.4) is 0 Å². The maximum atomic E-state index is 3.66. The molecule has 0 amide bonds. The summed E-state index contributed by atoms with van der Waals surface area (Å²) in [5.74, 6) is 1.16. The minimum Gasteiger partial charge on any atom is -0.309 e. The molecule has 102 valence electrons. The van der Waals surface area contributed by atoms with Gasteiger partial charge in [-0.05, 0) is 35.8 Å². The molecule has 1 N–H and O–H groups in total. The Morgan fingerprint density at radius 3 is 2.28 bits per heavy atom. The van der Waals surface area contributed by atoms with Crippen molar-refractivity contribution in [3.8, 4) is 0 Å². The molecule has 1 aromatic carbocycles. The third-order valence-electron chi connectivity index (χ3n) is 3.03. The van der Waals surface area contributed by atoms with E-state index in [0.29, 0.717) is 11.3 Å². The van der Waals surface area contributed by atoms with Crippen LogP contribution in [-0.2, 0) is 6.42 Å². The molecule has 0 fully saturated rings. The summed E-state index contributed by atoms with van der Waals surface area (Å²) in [7, 11) is 0. The third kappa shape index (κ3) is 5.45. The molecule has 0 radical (unpaired) electrons. The van der Waals surface area contributed by atoms with Gasteiger partial charge in [0.05, 0.1) is 0 Å². The largest absolute Gasteiger partial charge is 0.309 e. The minimum atomic E-state index is 0.489. The van der Waals surface area contributed by atoms with Gasteiger partial charge in [-0.25, -0.2) is 0 Å². The zero-order chi connectivity index (χ0) is 13.4. The molecule has 1 unspecified atom stereocenters. The summed E-state index contributed by atoms with van der Waals surface area (Å²) in [5.41, 5.74) is 2.85. The monoisotopic (exact) mass is 265 g/mol. The molecule has 0 saturated carbocycles. The molecule has 0 aromatic heterocycles. The summed E-state index contributed by atoms with van der Waals surface area (Å²) in [6.07, 6.45) is 2.31. The Hall–Kier alpha value is -0.470. The molecule has 0 bridgehead atoms. The predicted molar refractivity (Wildman–Crippen MR) is 84.4 cm³/mol. The smallest absolute Gasteiger partial charge is 0.0411 e. The van der Waals surface area contributed by atoms with Gasteiger partial charge >= 0.3 is 0 Å². The lowest BCUT2D eigenvalue weighted by Crippen LogP contribution is -2.24. The van der Waals surface area contributed by atoms with E-state index in [-0.39, 0.29) is 0 Å². The normalized spacial score (nSPS) is 12.9. The number of hydrogen-bond acceptors (Lipinski definition) is 2. The van der Waals surface area contributed by atoms with Gasteiger partial charge in [0.25, 0.3) is 0 Å². The first kappa shape index (κ1) is 15.6. The molecule has 1 atom stereocenters. The van der Waals surface area contributed by atoms with Gasteiger partial charge < -0.3 is 5.32 Å². The molecule has 18 heavy (non-hydrogen) atoms. The summed E-state index contributed by atoms with van der Waals surface area (Å²) in [6, 6.07) is 9.58. The maximum absolute atomic E-state index is 3.66. The first-order valence-corrected chi connectivity index (χ1v) is 8.16. The molecule has 1 aromatic rings. The fraction of sp³-hybridized carbons (Fsp3) is 0.625. The number of hydrogen-bond donors (Lipinski definition) is 1. The number of thioether (sulfide) groups is 1. The lowest BCUT2D eigenvalue weighted by Gasteiger charge is -2.20. The van der Waals surface area contributed by atoms with Crippen LogP contribution in [0.4, 0.5) is 0 Å². The van der Waals surface area contributed by atoms with Crippen LogP contribution >= 0.6 is 11.8 Å². The van der Waals surface area contributed by atoms with Crippen LogP contribution in [0.25, 0.3) is 0 Å². The summed E-state index contributed by atoms with van der Waals surface area (Å²) in [5, 5.41) is 4.36. The quantitative estimate of drug-likeness (QED) is 0.746. The second-order valence-electron chi connectivity index (χ2n) is 4.98. The fourth-order valence-electron chi connectivity index (χ4n) is 1.87. The highest BCUT2D eigenvalue weighted by molar-refractivity contribution is 7.99. The molecule has 0 spiro atoms. The highest BCUT2D eigenvalue weighted by Gasteiger charge is 2.11. The first-order chi connectivity index (χ1) is 8.67. The summed E-state index contributed by atoms with van der Waals surface area (Å²) in [4.78, 5) is 0. The van der Waals surface area contributed by atoms with Gasteiger partial charge in [0.2, 0.25) is 0 Å². The number of rotatable bonds is 8. The molecular formula is C16H27NS. The van der Waals surface area contributed by atoms with Crippen molar-refractivity contribution in [3.63, 3.8) is 0 Å². The Balaban J connectivity index is 2.66. The van der Waals surface area contributed by atoms with E-state index in [2.05, 4.69) is 57.3 Å². The number of aryl methyl sites for hydroxylation is 1. The van der Waals surface area contributed by atoms with Gasteiger partial charge in [-0.15, -0.1) is 0 Å². The van der Waals surface area contributed by atoms with Crippen molar-refractivity contribution >= 4 is 11.8 Å². The van der Waals surface area contributed by atoms with Crippen molar-refractivity contribution in [1.82, 2.24) is 5.32 Å². The Bertz CT molecular complexity index is 318. The average Bonchev–Trinajstić information content (AvgIpc) is 2.39. The fourth-order valence-corrected chi connectivity index (χ4v) is 2.75. The lowest BCUT2D eigenvalue weighted by molar-refractivity contribution is 0.577. The molecule has 0 heterocycles. The molecule has 0 aliphatic heterocycles. The zero-order valence-electron chi connectivity index (χ0n) is 12.2. The molecule has 2 heteroatoms. The van der Waals surface area contributed by atoms with Gasteiger partial charge in [0.15, 0.2) is 0 Å². The van der Waals surface area contributed by atoms with Crippen molar-refractivity contribution in [2.24, 2.45) is 0 Å². The standard InChI is InChI=1S/C16H27NS/c1-5-11-17-16(12-18-13(3)4)15-9-7-14(6-2)8-10-15/h7-10,13,16-17H,5-6,11-12H2,1-4H3. The van der Waals surface area contributed by atoms with E-state index in [1.54, 1.807) is 0 Å². The Morgan fingerprint density at radius 1 is 1.11 bits per heavy atom. The first-order valence-electron chi connectivity index (χ1n) is 7.11. The number of benzene rings is 1. The molecule has 0 saturated heterocycles. The van der Waals surface area contributed by atoms with E-state index in [9.17, 15) is 0 Å². The van der Waals surface area contributed by atoms with E-state index in [4.69, 9.17) is 0 Å². The minimum absolute atomic E-state index is 0.489. The van der Waals surface area contributed by atoms with E-state index < -0.39 is 0 Å². The van der Waals surface area contributed by atoms with Crippen LogP contribution in [-0.4, -0.2) is 17.5 Å². The van der Waals surface area contributed by atoms with Crippen LogP contribution in [0.5, 0.6) is 0 Å². The SMILES string of the molecule is CCCNC(CSC(C)C)c1ccc(CC)cc1. The molecule has 1 rings (SSSR count). The highest BCUT2D eigenvalue weighted by Crippen LogP contribution is 2.21. The van der Waals surface area contributed by atoms with Crippen molar-refractivity contribution in [1.29, 1.82) is 0 Å². The summed E-state index contributed by atoms with van der Waals surface area (Å²) < 4.78 is 0. The van der Waals surface area contributed by atoms with E-state index >= 15 is 0 Å². The van der Waals surface area contributed by atoms with Gasteiger partial charge in [-0.1, -0.05) is 52.0 Å². The summed E-state index contributed by atoms with van der Waals surface area (Å²) in [6.45, 7) is 10.1. The predicted octanol–water partition coefficient (Wildman–Crippen LogP) is 4.43. The van der Waals surface area contributed by atoms with Crippen molar-refractivity contribution < 1.29 is 0 Å². The van der Waals surface area contributed by atoms with Gasteiger partial charge in [-0.2, -0.15) is 11.8 Å². The van der Waals surface area contributed by atoms with Gasteiger partial charge in [0.1, 0.15) is 0 Å². The molecule has 1 nitrogen and oxygen atoms in total.